The smallest absolute Gasteiger partial charge is 0.225 e. The average molecular weight is 306 g/mol. The predicted octanol–water partition coefficient (Wildman–Crippen LogP) is 2.82. The van der Waals surface area contributed by atoms with Gasteiger partial charge in [-0.2, -0.15) is 0 Å². The predicted molar refractivity (Wildman–Crippen MR) is 78.1 cm³/mol. The van der Waals surface area contributed by atoms with Gasteiger partial charge in [0.1, 0.15) is 19.0 Å². The number of hydrogen-bond acceptors (Lipinski definition) is 4. The van der Waals surface area contributed by atoms with Gasteiger partial charge in [0.2, 0.25) is 5.28 Å². The van der Waals surface area contributed by atoms with Gasteiger partial charge in [-0.25, -0.2) is 0 Å². The fourth-order valence-corrected chi connectivity index (χ4v) is 2.84. The zero-order valence-corrected chi connectivity index (χ0v) is 12.3. The molecular formula is C15H16ClN3O2. The van der Waals surface area contributed by atoms with Crippen LogP contribution >= 0.6 is 11.6 Å². The maximum absolute atomic E-state index is 6.14. The summed E-state index contributed by atoms with van der Waals surface area (Å²) in [4.78, 5) is 0. The van der Waals surface area contributed by atoms with Crippen LogP contribution in [-0.2, 0) is 13.0 Å². The second kappa shape index (κ2) is 5.22. The Morgan fingerprint density at radius 3 is 2.76 bits per heavy atom. The minimum Gasteiger partial charge on any atom is -0.486 e. The number of nitrogens with zero attached hydrogens (tertiary/aromatic N) is 3. The third-order valence-corrected chi connectivity index (χ3v) is 4.19. The Hall–Kier alpha value is -1.75. The van der Waals surface area contributed by atoms with Gasteiger partial charge in [-0.15, -0.1) is 10.2 Å². The van der Waals surface area contributed by atoms with E-state index in [9.17, 15) is 0 Å². The summed E-state index contributed by atoms with van der Waals surface area (Å²) in [6.07, 6.45) is 3.26. The Bertz CT molecular complexity index is 667. The van der Waals surface area contributed by atoms with Crippen molar-refractivity contribution in [2.45, 2.75) is 31.7 Å². The van der Waals surface area contributed by atoms with Crippen LogP contribution in [0.2, 0.25) is 5.28 Å². The Morgan fingerprint density at radius 2 is 1.95 bits per heavy atom. The molecule has 110 valence electrons. The van der Waals surface area contributed by atoms with E-state index < -0.39 is 0 Å². The number of halogens is 1. The van der Waals surface area contributed by atoms with Gasteiger partial charge in [-0.05, 0) is 48.6 Å². The molecule has 1 aliphatic heterocycles. The second-order valence-electron chi connectivity index (χ2n) is 5.48. The second-order valence-corrected chi connectivity index (χ2v) is 5.82. The summed E-state index contributed by atoms with van der Waals surface area (Å²) in [6.45, 7) is 2.02. The molecule has 2 aromatic rings. The van der Waals surface area contributed by atoms with Crippen LogP contribution in [0.3, 0.4) is 0 Å². The molecule has 2 aliphatic rings. The van der Waals surface area contributed by atoms with E-state index >= 15 is 0 Å². The topological polar surface area (TPSA) is 49.2 Å². The summed E-state index contributed by atoms with van der Waals surface area (Å²) in [5.41, 5.74) is 1.20. The third-order valence-electron chi connectivity index (χ3n) is 3.91. The van der Waals surface area contributed by atoms with Crippen LogP contribution in [-0.4, -0.2) is 28.0 Å². The molecule has 0 atom stereocenters. The summed E-state index contributed by atoms with van der Waals surface area (Å²) in [6, 6.07) is 6.09. The molecule has 1 fully saturated rings. The lowest BCUT2D eigenvalue weighted by molar-refractivity contribution is 0.171. The monoisotopic (exact) mass is 305 g/mol. The fraction of sp³-hybridized carbons (Fsp3) is 0.467. The summed E-state index contributed by atoms with van der Waals surface area (Å²) in [7, 11) is 0. The molecular weight excluding hydrogens is 290 g/mol. The summed E-state index contributed by atoms with van der Waals surface area (Å²) in [5.74, 6) is 3.23. The van der Waals surface area contributed by atoms with Crippen LogP contribution in [0.25, 0.3) is 0 Å². The SMILES string of the molecule is Clc1nnc(C2CC2)n1CCc1ccc2c(c1)OCCO2. The van der Waals surface area contributed by atoms with Gasteiger partial charge < -0.3 is 14.0 Å². The molecule has 1 aromatic carbocycles. The first kappa shape index (κ1) is 13.0. The standard InChI is InChI=1S/C15H16ClN3O2/c16-15-18-17-14(11-2-3-11)19(15)6-5-10-1-4-12-13(9-10)21-8-7-20-12/h1,4,9,11H,2-3,5-8H2. The van der Waals surface area contributed by atoms with E-state index in [0.717, 1.165) is 30.3 Å². The van der Waals surface area contributed by atoms with Gasteiger partial charge in [0.15, 0.2) is 11.5 Å². The third kappa shape index (κ3) is 2.58. The highest BCUT2D eigenvalue weighted by atomic mass is 35.5. The first-order chi connectivity index (χ1) is 10.3. The van der Waals surface area contributed by atoms with Crippen molar-refractivity contribution in [3.8, 4) is 11.5 Å². The molecule has 2 heterocycles. The van der Waals surface area contributed by atoms with Crippen LogP contribution in [0.1, 0.15) is 30.1 Å². The molecule has 0 radical (unpaired) electrons. The molecule has 0 spiro atoms. The van der Waals surface area contributed by atoms with Crippen molar-refractivity contribution < 1.29 is 9.47 Å². The Morgan fingerprint density at radius 1 is 1.14 bits per heavy atom. The Labute approximate surface area is 127 Å². The quantitative estimate of drug-likeness (QED) is 0.871. The van der Waals surface area contributed by atoms with Gasteiger partial charge >= 0.3 is 0 Å². The number of rotatable bonds is 4. The van der Waals surface area contributed by atoms with E-state index in [1.807, 2.05) is 16.7 Å². The molecule has 6 heteroatoms. The maximum atomic E-state index is 6.14. The van der Waals surface area contributed by atoms with Crippen molar-refractivity contribution in [2.75, 3.05) is 13.2 Å². The van der Waals surface area contributed by atoms with Gasteiger partial charge in [0.25, 0.3) is 0 Å². The first-order valence-electron chi connectivity index (χ1n) is 7.28. The lowest BCUT2D eigenvalue weighted by Gasteiger charge is -2.19. The van der Waals surface area contributed by atoms with Crippen molar-refractivity contribution in [3.05, 3.63) is 34.9 Å². The molecule has 1 aromatic heterocycles. The molecule has 0 N–H and O–H groups in total. The minimum atomic E-state index is 0.481. The van der Waals surface area contributed by atoms with E-state index in [1.165, 1.54) is 18.4 Å². The van der Waals surface area contributed by atoms with E-state index in [2.05, 4.69) is 16.3 Å². The highest BCUT2D eigenvalue weighted by molar-refractivity contribution is 6.28. The molecule has 4 rings (SSSR count). The van der Waals surface area contributed by atoms with Crippen molar-refractivity contribution in [1.29, 1.82) is 0 Å². The lowest BCUT2D eigenvalue weighted by atomic mass is 10.1. The number of aromatic nitrogens is 3. The number of ether oxygens (including phenoxy) is 2. The van der Waals surface area contributed by atoms with Crippen LogP contribution in [0, 0.1) is 0 Å². The van der Waals surface area contributed by atoms with Crippen LogP contribution < -0.4 is 9.47 Å². The van der Waals surface area contributed by atoms with Gasteiger partial charge in [-0.3, -0.25) is 0 Å². The molecule has 0 saturated heterocycles. The molecule has 5 nitrogen and oxygen atoms in total. The molecule has 21 heavy (non-hydrogen) atoms. The number of benzene rings is 1. The minimum absolute atomic E-state index is 0.481. The van der Waals surface area contributed by atoms with Crippen LogP contribution in [0.4, 0.5) is 0 Å². The number of hydrogen-bond donors (Lipinski definition) is 0. The van der Waals surface area contributed by atoms with E-state index in [1.54, 1.807) is 0 Å². The van der Waals surface area contributed by atoms with Crippen molar-refractivity contribution in [1.82, 2.24) is 14.8 Å². The van der Waals surface area contributed by atoms with Crippen molar-refractivity contribution >= 4 is 11.6 Å². The molecule has 0 bridgehead atoms. The molecule has 0 unspecified atom stereocenters. The zero-order valence-electron chi connectivity index (χ0n) is 11.6. The van der Waals surface area contributed by atoms with Crippen LogP contribution in [0.5, 0.6) is 11.5 Å². The normalized spacial score (nSPS) is 17.0. The highest BCUT2D eigenvalue weighted by Gasteiger charge is 2.29. The van der Waals surface area contributed by atoms with Crippen molar-refractivity contribution in [3.63, 3.8) is 0 Å². The van der Waals surface area contributed by atoms with E-state index in [0.29, 0.717) is 24.4 Å². The van der Waals surface area contributed by atoms with Gasteiger partial charge in [0, 0.05) is 12.5 Å². The molecule has 1 aliphatic carbocycles. The maximum Gasteiger partial charge on any atom is 0.225 e. The first-order valence-corrected chi connectivity index (χ1v) is 7.66. The fourth-order valence-electron chi connectivity index (χ4n) is 2.63. The summed E-state index contributed by atoms with van der Waals surface area (Å²) in [5, 5.41) is 8.67. The van der Waals surface area contributed by atoms with Crippen molar-refractivity contribution in [2.24, 2.45) is 0 Å². The largest absolute Gasteiger partial charge is 0.486 e. The Kier molecular flexibility index (Phi) is 3.22. The summed E-state index contributed by atoms with van der Waals surface area (Å²) >= 11 is 6.14. The van der Waals surface area contributed by atoms with Gasteiger partial charge in [0.05, 0.1) is 0 Å². The van der Waals surface area contributed by atoms with E-state index in [4.69, 9.17) is 21.1 Å². The highest BCUT2D eigenvalue weighted by Crippen LogP contribution is 2.39. The summed E-state index contributed by atoms with van der Waals surface area (Å²) < 4.78 is 13.2. The van der Waals surface area contributed by atoms with Crippen LogP contribution in [0.15, 0.2) is 18.2 Å². The lowest BCUT2D eigenvalue weighted by Crippen LogP contribution is -2.15. The number of aryl methyl sites for hydroxylation is 1. The number of fused-ring (bicyclic) bond motifs is 1. The van der Waals surface area contributed by atoms with Gasteiger partial charge in [-0.1, -0.05) is 6.07 Å². The zero-order chi connectivity index (χ0) is 14.2. The molecule has 1 saturated carbocycles. The average Bonchev–Trinajstić information content (AvgIpc) is 3.29. The van der Waals surface area contributed by atoms with E-state index in [-0.39, 0.29) is 0 Å². The Balaban J connectivity index is 1.50. The molecule has 0 amide bonds.